The van der Waals surface area contributed by atoms with E-state index < -0.39 is 0 Å². The number of halogens is 1. The van der Waals surface area contributed by atoms with Crippen molar-refractivity contribution in [3.63, 3.8) is 0 Å². The fraction of sp³-hybridized carbons (Fsp3) is 0.300. The van der Waals surface area contributed by atoms with Gasteiger partial charge in [-0.3, -0.25) is 4.79 Å². The van der Waals surface area contributed by atoms with Gasteiger partial charge >= 0.3 is 0 Å². The van der Waals surface area contributed by atoms with Gasteiger partial charge in [-0.05, 0) is 29.7 Å². The number of amides is 1. The number of carbonyl (C=O) groups is 1. The molecule has 75 valence electrons. The first-order valence-corrected chi connectivity index (χ1v) is 4.30. The fourth-order valence-electron chi connectivity index (χ4n) is 1.69. The Labute approximate surface area is 89.1 Å². The van der Waals surface area contributed by atoms with Gasteiger partial charge in [0.2, 0.25) is 5.91 Å². The van der Waals surface area contributed by atoms with Gasteiger partial charge in [0, 0.05) is 6.54 Å². The molecule has 0 spiro atoms. The summed E-state index contributed by atoms with van der Waals surface area (Å²) >= 11 is 0. The van der Waals surface area contributed by atoms with Crippen LogP contribution in [0.3, 0.4) is 0 Å². The van der Waals surface area contributed by atoms with E-state index in [1.165, 1.54) is 5.56 Å². The van der Waals surface area contributed by atoms with E-state index in [1.807, 2.05) is 18.2 Å². The molecule has 2 rings (SSSR count). The molecule has 0 saturated carbocycles. The summed E-state index contributed by atoms with van der Waals surface area (Å²) < 4.78 is 0. The molecule has 1 heterocycles. The van der Waals surface area contributed by atoms with Crippen LogP contribution < -0.4 is 11.1 Å². The molecule has 1 aromatic rings. The number of rotatable bonds is 1. The predicted octanol–water partition coefficient (Wildman–Crippen LogP) is 0.581. The predicted molar refractivity (Wildman–Crippen MR) is 56.2 cm³/mol. The summed E-state index contributed by atoms with van der Waals surface area (Å²) in [5.74, 6) is -0.319. The zero-order chi connectivity index (χ0) is 9.26. The van der Waals surface area contributed by atoms with Crippen molar-refractivity contribution in [2.24, 2.45) is 5.73 Å². The molecule has 1 unspecified atom stereocenters. The molecule has 0 bridgehead atoms. The third-order valence-corrected chi connectivity index (χ3v) is 2.33. The summed E-state index contributed by atoms with van der Waals surface area (Å²) in [6, 6.07) is 8.31. The van der Waals surface area contributed by atoms with Crippen LogP contribution >= 0.6 is 12.4 Å². The first-order valence-electron chi connectivity index (χ1n) is 4.30. The van der Waals surface area contributed by atoms with E-state index in [0.29, 0.717) is 0 Å². The Morgan fingerprint density at radius 1 is 1.64 bits per heavy atom. The van der Waals surface area contributed by atoms with Crippen molar-refractivity contribution in [1.29, 1.82) is 0 Å². The zero-order valence-corrected chi connectivity index (χ0v) is 8.43. The molecule has 3 N–H and O–H groups in total. The quantitative estimate of drug-likeness (QED) is 0.714. The Morgan fingerprint density at radius 3 is 3.14 bits per heavy atom. The van der Waals surface area contributed by atoms with Gasteiger partial charge in [-0.2, -0.15) is 0 Å². The van der Waals surface area contributed by atoms with Crippen molar-refractivity contribution >= 4 is 18.3 Å². The van der Waals surface area contributed by atoms with Gasteiger partial charge in [0.15, 0.2) is 0 Å². The van der Waals surface area contributed by atoms with Crippen LogP contribution in [-0.4, -0.2) is 12.5 Å². The lowest BCUT2D eigenvalue weighted by Crippen LogP contribution is -2.38. The standard InChI is InChI=1S/C10H11N2O.ClH/c11-10(13)9-8-4-2-1-3-7(8)5-6-12-9;/h1,3-4,9,12H,5-6H2,(H2,11,13);1H. The smallest absolute Gasteiger partial charge is 0.239 e. The number of hydrogen-bond acceptors (Lipinski definition) is 2. The minimum atomic E-state index is -0.332. The number of nitrogens with one attached hydrogen (secondary N) is 1. The number of carbonyl (C=O) groups excluding carboxylic acids is 1. The maximum Gasteiger partial charge on any atom is 0.239 e. The van der Waals surface area contributed by atoms with Gasteiger partial charge < -0.3 is 11.1 Å². The summed E-state index contributed by atoms with van der Waals surface area (Å²) in [5, 5.41) is 3.08. The summed E-state index contributed by atoms with van der Waals surface area (Å²) in [7, 11) is 0. The van der Waals surface area contributed by atoms with Gasteiger partial charge in [0.25, 0.3) is 0 Å². The van der Waals surface area contributed by atoms with E-state index in [4.69, 9.17) is 5.73 Å². The molecule has 0 fully saturated rings. The normalized spacial score (nSPS) is 19.3. The zero-order valence-electron chi connectivity index (χ0n) is 7.62. The van der Waals surface area contributed by atoms with Crippen molar-refractivity contribution in [2.45, 2.75) is 12.5 Å². The second kappa shape index (κ2) is 4.44. The van der Waals surface area contributed by atoms with E-state index in [0.717, 1.165) is 18.5 Å². The number of primary amides is 1. The number of benzene rings is 1. The first kappa shape index (κ1) is 11.0. The Kier molecular flexibility index (Phi) is 3.49. The number of fused-ring (bicyclic) bond motifs is 1. The fourth-order valence-corrected chi connectivity index (χ4v) is 1.69. The molecule has 1 amide bonds. The minimum Gasteiger partial charge on any atom is -0.368 e. The number of hydrogen-bond donors (Lipinski definition) is 2. The average Bonchev–Trinajstić information content (AvgIpc) is 2.17. The van der Waals surface area contributed by atoms with Crippen LogP contribution in [0.25, 0.3) is 0 Å². The number of nitrogens with two attached hydrogens (primary N) is 1. The molecule has 4 heteroatoms. The van der Waals surface area contributed by atoms with Crippen LogP contribution in [0.1, 0.15) is 17.2 Å². The van der Waals surface area contributed by atoms with Crippen molar-refractivity contribution in [3.8, 4) is 0 Å². The molecule has 0 saturated heterocycles. The third kappa shape index (κ3) is 1.89. The maximum absolute atomic E-state index is 11.1. The van der Waals surface area contributed by atoms with Crippen LogP contribution in [0, 0.1) is 6.07 Å². The summed E-state index contributed by atoms with van der Waals surface area (Å²) in [6.45, 7) is 0.810. The molecule has 3 nitrogen and oxygen atoms in total. The van der Waals surface area contributed by atoms with Crippen LogP contribution in [0.5, 0.6) is 0 Å². The van der Waals surface area contributed by atoms with Crippen LogP contribution in [0.2, 0.25) is 0 Å². The highest BCUT2D eigenvalue weighted by atomic mass is 35.5. The van der Waals surface area contributed by atoms with Gasteiger partial charge in [-0.15, -0.1) is 12.4 Å². The monoisotopic (exact) mass is 211 g/mol. The molecule has 0 aromatic heterocycles. The molecule has 1 aliphatic rings. The van der Waals surface area contributed by atoms with Crippen LogP contribution in [0.15, 0.2) is 18.2 Å². The largest absolute Gasteiger partial charge is 0.368 e. The molecular formula is C10H12ClN2O. The van der Waals surface area contributed by atoms with Gasteiger partial charge in [0.05, 0.1) is 0 Å². The molecule has 0 aliphatic carbocycles. The van der Waals surface area contributed by atoms with E-state index >= 15 is 0 Å². The van der Waals surface area contributed by atoms with Crippen molar-refractivity contribution in [3.05, 3.63) is 35.4 Å². The highest BCUT2D eigenvalue weighted by Crippen LogP contribution is 2.21. The second-order valence-corrected chi connectivity index (χ2v) is 3.16. The Hall–Kier alpha value is -1.06. The molecule has 1 radical (unpaired) electrons. The van der Waals surface area contributed by atoms with E-state index in [1.54, 1.807) is 0 Å². The average molecular weight is 212 g/mol. The van der Waals surface area contributed by atoms with Gasteiger partial charge in [-0.1, -0.05) is 12.1 Å². The third-order valence-electron chi connectivity index (χ3n) is 2.33. The Morgan fingerprint density at radius 2 is 2.43 bits per heavy atom. The summed E-state index contributed by atoms with van der Waals surface area (Å²) in [5.41, 5.74) is 7.44. The van der Waals surface area contributed by atoms with Crippen molar-refractivity contribution in [2.75, 3.05) is 6.54 Å². The van der Waals surface area contributed by atoms with Crippen LogP contribution in [-0.2, 0) is 11.2 Å². The molecule has 1 aliphatic heterocycles. The van der Waals surface area contributed by atoms with Crippen LogP contribution in [0.4, 0.5) is 0 Å². The van der Waals surface area contributed by atoms with Crippen molar-refractivity contribution < 1.29 is 4.79 Å². The lowest BCUT2D eigenvalue weighted by atomic mass is 9.94. The van der Waals surface area contributed by atoms with E-state index in [-0.39, 0.29) is 24.4 Å². The molecular weight excluding hydrogens is 200 g/mol. The van der Waals surface area contributed by atoms with E-state index in [2.05, 4.69) is 11.4 Å². The van der Waals surface area contributed by atoms with Crippen molar-refractivity contribution in [1.82, 2.24) is 5.32 Å². The highest BCUT2D eigenvalue weighted by molar-refractivity contribution is 5.85. The summed E-state index contributed by atoms with van der Waals surface area (Å²) in [4.78, 5) is 11.1. The van der Waals surface area contributed by atoms with Gasteiger partial charge in [-0.25, -0.2) is 0 Å². The highest BCUT2D eigenvalue weighted by Gasteiger charge is 2.23. The molecule has 1 atom stereocenters. The summed E-state index contributed by atoms with van der Waals surface area (Å²) in [6.07, 6.45) is 0.952. The van der Waals surface area contributed by atoms with Gasteiger partial charge in [0.1, 0.15) is 6.04 Å². The maximum atomic E-state index is 11.1. The Bertz CT molecular complexity index is 341. The second-order valence-electron chi connectivity index (χ2n) is 3.16. The topological polar surface area (TPSA) is 55.1 Å². The Balaban J connectivity index is 0.000000980. The van der Waals surface area contributed by atoms with E-state index in [9.17, 15) is 4.79 Å². The molecule has 1 aromatic carbocycles. The lowest BCUT2D eigenvalue weighted by Gasteiger charge is -2.23. The first-order chi connectivity index (χ1) is 6.29. The minimum absolute atomic E-state index is 0. The lowest BCUT2D eigenvalue weighted by molar-refractivity contribution is -0.120. The SMILES string of the molecule is Cl.NC(=O)C1NCCc2cc[c]cc21. The molecule has 14 heavy (non-hydrogen) atoms.